The van der Waals surface area contributed by atoms with Crippen LogP contribution in [-0.2, 0) is 0 Å². The highest BCUT2D eigenvalue weighted by Crippen LogP contribution is 2.71. The van der Waals surface area contributed by atoms with E-state index in [9.17, 15) is 0 Å². The topological polar surface area (TPSA) is 27.7 Å². The van der Waals surface area contributed by atoms with Gasteiger partial charge >= 0.3 is 7.94 Å². The standard InChI is InChI=1S/C30H32O3P.BrH/c1-5-30(26-18-7-6-8-19-26)34(31-27-20-12-9-15-23(27)2,32-28-21-13-10-16-24(28)3)33-29-22-14-11-17-25(29)4;/h6-22,30H,5H2,1-4H3;1H/q+1;/p-1. The highest BCUT2D eigenvalue weighted by molar-refractivity contribution is 7.63. The first-order valence-electron chi connectivity index (χ1n) is 11.7. The van der Waals surface area contributed by atoms with Gasteiger partial charge < -0.3 is 17.0 Å². The van der Waals surface area contributed by atoms with Crippen LogP contribution in [0.25, 0.3) is 0 Å². The smallest absolute Gasteiger partial charge is 0.549 e. The molecule has 0 saturated carbocycles. The Morgan fingerprint density at radius 3 is 1.23 bits per heavy atom. The van der Waals surface area contributed by atoms with Gasteiger partial charge in [0.25, 0.3) is 0 Å². The second-order valence-electron chi connectivity index (χ2n) is 8.44. The molecule has 0 saturated heterocycles. The van der Waals surface area contributed by atoms with Crippen LogP contribution in [-0.4, -0.2) is 0 Å². The fraction of sp³-hybridized carbons (Fsp3) is 0.200. The lowest BCUT2D eigenvalue weighted by Crippen LogP contribution is -3.00. The highest BCUT2D eigenvalue weighted by atomic mass is 79.9. The Labute approximate surface area is 220 Å². The minimum atomic E-state index is -3.07. The molecule has 4 aromatic carbocycles. The number of aryl methyl sites for hydroxylation is 3. The zero-order valence-electron chi connectivity index (χ0n) is 20.6. The summed E-state index contributed by atoms with van der Waals surface area (Å²) in [6.07, 6.45) is 0.793. The summed E-state index contributed by atoms with van der Waals surface area (Å²) in [6, 6.07) is 34.5. The van der Waals surface area contributed by atoms with E-state index in [1.54, 1.807) is 0 Å². The van der Waals surface area contributed by atoms with Gasteiger partial charge in [-0.2, -0.15) is 0 Å². The number of halogens is 1. The molecule has 1 unspecified atom stereocenters. The molecule has 3 nitrogen and oxygen atoms in total. The van der Waals surface area contributed by atoms with Crippen LogP contribution in [0.2, 0.25) is 0 Å². The van der Waals surface area contributed by atoms with Gasteiger partial charge in [0, 0.05) is 5.56 Å². The van der Waals surface area contributed by atoms with Crippen LogP contribution in [0.15, 0.2) is 103 Å². The monoisotopic (exact) mass is 550 g/mol. The van der Waals surface area contributed by atoms with Crippen molar-refractivity contribution < 1.29 is 30.6 Å². The SMILES string of the molecule is CCC(c1ccccc1)[P+](Oc1ccccc1C)(Oc1ccccc1C)Oc1ccccc1C.[Br-]. The van der Waals surface area contributed by atoms with Crippen molar-refractivity contribution in [1.29, 1.82) is 0 Å². The molecule has 0 aliphatic heterocycles. The van der Waals surface area contributed by atoms with E-state index in [4.69, 9.17) is 13.6 Å². The van der Waals surface area contributed by atoms with E-state index < -0.39 is 7.94 Å². The van der Waals surface area contributed by atoms with Crippen molar-refractivity contribution in [3.05, 3.63) is 125 Å². The van der Waals surface area contributed by atoms with Crippen molar-refractivity contribution in [3.63, 3.8) is 0 Å². The zero-order chi connectivity index (χ0) is 24.0. The van der Waals surface area contributed by atoms with Crippen molar-refractivity contribution in [2.24, 2.45) is 0 Å². The van der Waals surface area contributed by atoms with Crippen LogP contribution in [0.3, 0.4) is 0 Å². The molecule has 35 heavy (non-hydrogen) atoms. The lowest BCUT2D eigenvalue weighted by atomic mass is 10.1. The Kier molecular flexibility index (Phi) is 9.37. The van der Waals surface area contributed by atoms with E-state index >= 15 is 0 Å². The summed E-state index contributed by atoms with van der Waals surface area (Å²) in [4.78, 5) is 0. The first-order chi connectivity index (χ1) is 16.5. The predicted octanol–water partition coefficient (Wildman–Crippen LogP) is 6.07. The van der Waals surface area contributed by atoms with Gasteiger partial charge in [-0.25, -0.2) is 0 Å². The number of para-hydroxylation sites is 3. The largest absolute Gasteiger partial charge is 1.00 e. The third-order valence-corrected chi connectivity index (χ3v) is 8.69. The molecule has 0 heterocycles. The van der Waals surface area contributed by atoms with Crippen LogP contribution in [0.5, 0.6) is 17.2 Å². The first-order valence-corrected chi connectivity index (χ1v) is 13.3. The van der Waals surface area contributed by atoms with Gasteiger partial charge in [-0.15, -0.1) is 0 Å². The fourth-order valence-electron chi connectivity index (χ4n) is 3.95. The first kappa shape index (κ1) is 26.8. The fourth-order valence-corrected chi connectivity index (χ4v) is 6.87. The minimum absolute atomic E-state index is 0. The molecule has 0 aromatic heterocycles. The minimum Gasteiger partial charge on any atom is -1.00 e. The van der Waals surface area contributed by atoms with E-state index in [0.29, 0.717) is 0 Å². The summed E-state index contributed by atoms with van der Waals surface area (Å²) in [5.41, 5.74) is 4.14. The average molecular weight is 551 g/mol. The Bertz CT molecular complexity index is 1110. The third kappa shape index (κ3) is 6.25. The molecule has 0 radical (unpaired) electrons. The maximum atomic E-state index is 6.92. The highest BCUT2D eigenvalue weighted by Gasteiger charge is 2.59. The quantitative estimate of drug-likeness (QED) is 0.237. The molecular formula is C30H32BrO3P. The second kappa shape index (κ2) is 12.2. The molecular weight excluding hydrogens is 519 g/mol. The molecule has 1 atom stereocenters. The maximum Gasteiger partial charge on any atom is 0.549 e. The molecule has 0 aliphatic rings. The van der Waals surface area contributed by atoms with Gasteiger partial charge in [0.05, 0.1) is 0 Å². The van der Waals surface area contributed by atoms with E-state index in [2.05, 4.69) is 70.2 Å². The number of rotatable bonds is 9. The van der Waals surface area contributed by atoms with Gasteiger partial charge in [0.2, 0.25) is 5.66 Å². The lowest BCUT2D eigenvalue weighted by Gasteiger charge is -2.30. The van der Waals surface area contributed by atoms with Crippen LogP contribution in [0, 0.1) is 20.8 Å². The summed E-state index contributed by atoms with van der Waals surface area (Å²) >= 11 is 0. The Morgan fingerprint density at radius 2 is 0.886 bits per heavy atom. The molecule has 5 heteroatoms. The molecule has 182 valence electrons. The molecule has 4 rings (SSSR count). The Balaban J connectivity index is 0.00000342. The molecule has 0 N–H and O–H groups in total. The Hall–Kier alpha value is -2.81. The molecule has 0 spiro atoms. The van der Waals surface area contributed by atoms with Crippen LogP contribution >= 0.6 is 7.94 Å². The van der Waals surface area contributed by atoms with Gasteiger partial charge in [-0.1, -0.05) is 91.9 Å². The molecule has 4 aromatic rings. The van der Waals surface area contributed by atoms with Gasteiger partial charge in [-0.3, -0.25) is 13.6 Å². The normalized spacial score (nSPS) is 11.8. The summed E-state index contributed by atoms with van der Waals surface area (Å²) < 4.78 is 20.8. The van der Waals surface area contributed by atoms with Gasteiger partial charge in [-0.05, 0) is 62.1 Å². The van der Waals surface area contributed by atoms with Gasteiger partial charge in [0.15, 0.2) is 17.2 Å². The van der Waals surface area contributed by atoms with Crippen molar-refractivity contribution in [3.8, 4) is 17.2 Å². The van der Waals surface area contributed by atoms with Gasteiger partial charge in [0.1, 0.15) is 0 Å². The van der Waals surface area contributed by atoms with Crippen molar-refractivity contribution in [2.75, 3.05) is 0 Å². The summed E-state index contributed by atoms with van der Waals surface area (Å²) in [7, 11) is -3.07. The zero-order valence-corrected chi connectivity index (χ0v) is 23.1. The average Bonchev–Trinajstić information content (AvgIpc) is 2.85. The maximum absolute atomic E-state index is 6.92. The third-order valence-electron chi connectivity index (χ3n) is 5.91. The Morgan fingerprint density at radius 1 is 0.543 bits per heavy atom. The van der Waals surface area contributed by atoms with Crippen LogP contribution in [0.4, 0.5) is 0 Å². The van der Waals surface area contributed by atoms with E-state index in [0.717, 1.165) is 45.9 Å². The number of benzene rings is 4. The van der Waals surface area contributed by atoms with E-state index in [-0.39, 0.29) is 22.6 Å². The van der Waals surface area contributed by atoms with Crippen molar-refractivity contribution >= 4 is 7.94 Å². The van der Waals surface area contributed by atoms with E-state index in [1.165, 1.54) is 0 Å². The molecule has 0 amide bonds. The van der Waals surface area contributed by atoms with Crippen LogP contribution in [0.1, 0.15) is 41.3 Å². The van der Waals surface area contributed by atoms with E-state index in [1.807, 2.05) is 60.7 Å². The van der Waals surface area contributed by atoms with Crippen molar-refractivity contribution in [2.45, 2.75) is 39.8 Å². The molecule has 0 fully saturated rings. The molecule has 0 aliphatic carbocycles. The summed E-state index contributed by atoms with van der Waals surface area (Å²) in [6.45, 7) is 8.31. The van der Waals surface area contributed by atoms with Crippen LogP contribution < -0.4 is 30.6 Å². The van der Waals surface area contributed by atoms with Crippen molar-refractivity contribution in [1.82, 2.24) is 0 Å². The summed E-state index contributed by atoms with van der Waals surface area (Å²) in [5, 5.41) is 0. The predicted molar refractivity (Wildman–Crippen MR) is 142 cm³/mol. The second-order valence-corrected chi connectivity index (χ2v) is 10.7. The molecule has 0 bridgehead atoms. The number of hydrogen-bond donors (Lipinski definition) is 0. The number of hydrogen-bond acceptors (Lipinski definition) is 3. The lowest BCUT2D eigenvalue weighted by molar-refractivity contribution is -0.00000976. The summed E-state index contributed by atoms with van der Waals surface area (Å²) in [5.74, 6) is 2.31.